The third kappa shape index (κ3) is 4.99. The van der Waals surface area contributed by atoms with Crippen LogP contribution in [0.2, 0.25) is 0 Å². The minimum atomic E-state index is -0.474. The molecule has 0 aliphatic heterocycles. The predicted molar refractivity (Wildman–Crippen MR) is 79.7 cm³/mol. The lowest BCUT2D eigenvalue weighted by Gasteiger charge is -2.08. The Morgan fingerprint density at radius 2 is 1.85 bits per heavy atom. The topological polar surface area (TPSA) is 107 Å². The number of anilines is 2. The van der Waals surface area contributed by atoms with Crippen molar-refractivity contribution in [1.29, 1.82) is 0 Å². The highest BCUT2D eigenvalue weighted by atomic mass is 16.6. The van der Waals surface area contributed by atoms with E-state index in [4.69, 9.17) is 5.73 Å². The molecular formula is C13H23N5O2. The van der Waals surface area contributed by atoms with Crippen LogP contribution >= 0.6 is 0 Å². The van der Waals surface area contributed by atoms with E-state index in [2.05, 4.69) is 22.2 Å². The van der Waals surface area contributed by atoms with Crippen LogP contribution in [0, 0.1) is 17.0 Å². The summed E-state index contributed by atoms with van der Waals surface area (Å²) in [4.78, 5) is 18.3. The Hall–Kier alpha value is -1.92. The van der Waals surface area contributed by atoms with Crippen molar-refractivity contribution in [2.24, 2.45) is 0 Å². The quantitative estimate of drug-likeness (QED) is 0.409. The van der Waals surface area contributed by atoms with Gasteiger partial charge in [0.1, 0.15) is 5.69 Å². The lowest BCUT2D eigenvalue weighted by molar-refractivity contribution is -0.385. The van der Waals surface area contributed by atoms with Gasteiger partial charge in [0.15, 0.2) is 0 Å². The third-order valence-electron chi connectivity index (χ3n) is 3.08. The van der Waals surface area contributed by atoms with Gasteiger partial charge in [0.25, 0.3) is 0 Å². The van der Waals surface area contributed by atoms with Crippen LogP contribution in [0.25, 0.3) is 0 Å². The molecular weight excluding hydrogens is 258 g/mol. The van der Waals surface area contributed by atoms with Gasteiger partial charge in [-0.05, 0) is 13.3 Å². The van der Waals surface area contributed by atoms with E-state index >= 15 is 0 Å². The van der Waals surface area contributed by atoms with E-state index in [0.29, 0.717) is 6.54 Å². The molecule has 0 bridgehead atoms. The number of rotatable bonds is 9. The largest absolute Gasteiger partial charge is 0.368 e. The Morgan fingerprint density at radius 3 is 2.50 bits per heavy atom. The van der Waals surface area contributed by atoms with Crippen molar-refractivity contribution < 1.29 is 4.92 Å². The van der Waals surface area contributed by atoms with E-state index in [0.717, 1.165) is 12.8 Å². The van der Waals surface area contributed by atoms with Crippen LogP contribution in [-0.4, -0.2) is 21.4 Å². The maximum atomic E-state index is 11.0. The summed E-state index contributed by atoms with van der Waals surface area (Å²) in [5.74, 6) is 0.270. The summed E-state index contributed by atoms with van der Waals surface area (Å²) in [5.41, 5.74) is 5.72. The Balaban J connectivity index is 2.49. The number of nitrogen functional groups attached to an aromatic ring is 1. The standard InChI is InChI=1S/C13H23N5O2/c1-3-4-5-6-7-8-9-15-12-11(18(19)20)10(2)16-13(14)17-12/h3-9H2,1-2H3,(H3,14,15,16,17). The van der Waals surface area contributed by atoms with Crippen LogP contribution in [0.4, 0.5) is 17.5 Å². The van der Waals surface area contributed by atoms with E-state index in [1.54, 1.807) is 6.92 Å². The molecule has 3 N–H and O–H groups in total. The van der Waals surface area contributed by atoms with Gasteiger partial charge >= 0.3 is 5.69 Å². The number of nitrogens with two attached hydrogens (primary N) is 1. The number of aryl methyl sites for hydroxylation is 1. The molecule has 0 atom stereocenters. The molecule has 1 aromatic rings. The Labute approximate surface area is 119 Å². The number of unbranched alkanes of at least 4 members (excludes halogenated alkanes) is 5. The zero-order valence-electron chi connectivity index (χ0n) is 12.2. The molecule has 112 valence electrons. The van der Waals surface area contributed by atoms with Crippen molar-refractivity contribution in [2.75, 3.05) is 17.6 Å². The number of nitro groups is 1. The fourth-order valence-corrected chi connectivity index (χ4v) is 2.04. The SMILES string of the molecule is CCCCCCCCNc1nc(N)nc(C)c1[N+](=O)[O-]. The molecule has 1 aromatic heterocycles. The van der Waals surface area contributed by atoms with E-state index in [1.165, 1.54) is 25.7 Å². The van der Waals surface area contributed by atoms with E-state index < -0.39 is 4.92 Å². The second-order valence-corrected chi connectivity index (χ2v) is 4.82. The number of nitrogens with one attached hydrogen (secondary N) is 1. The molecule has 0 aromatic carbocycles. The molecule has 0 fully saturated rings. The first kappa shape index (κ1) is 16.1. The maximum Gasteiger partial charge on any atom is 0.332 e. The minimum absolute atomic E-state index is 0.0542. The van der Waals surface area contributed by atoms with Gasteiger partial charge in [0, 0.05) is 6.54 Å². The Kier molecular flexibility index (Phi) is 6.69. The van der Waals surface area contributed by atoms with Gasteiger partial charge in [0.05, 0.1) is 4.92 Å². The monoisotopic (exact) mass is 281 g/mol. The summed E-state index contributed by atoms with van der Waals surface area (Å²) in [6, 6.07) is 0. The fourth-order valence-electron chi connectivity index (χ4n) is 2.04. The number of aromatic nitrogens is 2. The molecule has 0 aliphatic rings. The number of nitrogens with zero attached hydrogens (tertiary/aromatic N) is 3. The molecule has 0 unspecified atom stereocenters. The fraction of sp³-hybridized carbons (Fsp3) is 0.692. The molecule has 0 aliphatic carbocycles. The molecule has 0 amide bonds. The van der Waals surface area contributed by atoms with Crippen molar-refractivity contribution >= 4 is 17.5 Å². The average molecular weight is 281 g/mol. The first-order valence-electron chi connectivity index (χ1n) is 7.08. The van der Waals surface area contributed by atoms with Crippen LogP contribution < -0.4 is 11.1 Å². The van der Waals surface area contributed by atoms with Gasteiger partial charge in [-0.3, -0.25) is 10.1 Å². The average Bonchev–Trinajstić information content (AvgIpc) is 2.36. The van der Waals surface area contributed by atoms with Crippen LogP contribution in [0.5, 0.6) is 0 Å². The number of hydrogen-bond donors (Lipinski definition) is 2. The van der Waals surface area contributed by atoms with Crippen molar-refractivity contribution in [3.8, 4) is 0 Å². The highest BCUT2D eigenvalue weighted by molar-refractivity contribution is 5.60. The zero-order chi connectivity index (χ0) is 15.0. The van der Waals surface area contributed by atoms with Gasteiger partial charge < -0.3 is 11.1 Å². The summed E-state index contributed by atoms with van der Waals surface area (Å²) in [6.45, 7) is 4.40. The number of hydrogen-bond acceptors (Lipinski definition) is 6. The van der Waals surface area contributed by atoms with Gasteiger partial charge in [-0.2, -0.15) is 4.98 Å². The second kappa shape index (κ2) is 8.29. The zero-order valence-corrected chi connectivity index (χ0v) is 12.2. The molecule has 0 saturated heterocycles. The summed E-state index contributed by atoms with van der Waals surface area (Å²) < 4.78 is 0. The molecule has 20 heavy (non-hydrogen) atoms. The van der Waals surface area contributed by atoms with Crippen LogP contribution in [0.15, 0.2) is 0 Å². The molecule has 1 rings (SSSR count). The minimum Gasteiger partial charge on any atom is -0.368 e. The van der Waals surface area contributed by atoms with E-state index in [9.17, 15) is 10.1 Å². The van der Waals surface area contributed by atoms with Crippen molar-refractivity contribution in [1.82, 2.24) is 9.97 Å². The lowest BCUT2D eigenvalue weighted by Crippen LogP contribution is -2.10. The highest BCUT2D eigenvalue weighted by Gasteiger charge is 2.20. The first-order valence-corrected chi connectivity index (χ1v) is 7.08. The van der Waals surface area contributed by atoms with Gasteiger partial charge in [0.2, 0.25) is 11.8 Å². The second-order valence-electron chi connectivity index (χ2n) is 4.82. The van der Waals surface area contributed by atoms with Gasteiger partial charge in [-0.25, -0.2) is 4.98 Å². The van der Waals surface area contributed by atoms with E-state index in [-0.39, 0.29) is 23.1 Å². The first-order chi connectivity index (χ1) is 9.56. The summed E-state index contributed by atoms with van der Waals surface area (Å²) in [5, 5.41) is 14.0. The summed E-state index contributed by atoms with van der Waals surface area (Å²) in [6.07, 6.45) is 7.01. The van der Waals surface area contributed by atoms with E-state index in [1.807, 2.05) is 0 Å². The smallest absolute Gasteiger partial charge is 0.332 e. The van der Waals surface area contributed by atoms with Crippen LogP contribution in [-0.2, 0) is 0 Å². The van der Waals surface area contributed by atoms with Crippen molar-refractivity contribution in [3.63, 3.8) is 0 Å². The normalized spacial score (nSPS) is 10.5. The summed E-state index contributed by atoms with van der Waals surface area (Å²) >= 11 is 0. The van der Waals surface area contributed by atoms with Crippen LogP contribution in [0.1, 0.15) is 51.1 Å². The molecule has 0 radical (unpaired) electrons. The van der Waals surface area contributed by atoms with Crippen molar-refractivity contribution in [2.45, 2.75) is 52.4 Å². The third-order valence-corrected chi connectivity index (χ3v) is 3.08. The Morgan fingerprint density at radius 1 is 1.20 bits per heavy atom. The maximum absolute atomic E-state index is 11.0. The summed E-state index contributed by atoms with van der Waals surface area (Å²) in [7, 11) is 0. The molecule has 1 heterocycles. The molecule has 7 nitrogen and oxygen atoms in total. The van der Waals surface area contributed by atoms with Gasteiger partial charge in [-0.15, -0.1) is 0 Å². The highest BCUT2D eigenvalue weighted by Crippen LogP contribution is 2.25. The molecule has 0 saturated carbocycles. The predicted octanol–water partition coefficient (Wildman–Crippen LogP) is 3.05. The molecule has 0 spiro atoms. The molecule has 7 heteroatoms. The Bertz CT molecular complexity index is 451. The van der Waals surface area contributed by atoms with Gasteiger partial charge in [-0.1, -0.05) is 39.0 Å². The van der Waals surface area contributed by atoms with Crippen LogP contribution in [0.3, 0.4) is 0 Å². The van der Waals surface area contributed by atoms with Crippen molar-refractivity contribution in [3.05, 3.63) is 15.8 Å². The lowest BCUT2D eigenvalue weighted by atomic mass is 10.1.